The van der Waals surface area contributed by atoms with Crippen molar-refractivity contribution in [1.29, 1.82) is 0 Å². The van der Waals surface area contributed by atoms with Crippen molar-refractivity contribution < 1.29 is 0 Å². The van der Waals surface area contributed by atoms with Gasteiger partial charge in [0.2, 0.25) is 0 Å². The standard InChI is InChI=1S/C17H24ClN3/c1-12(2)19-9-13(3)16-7-5-15(6-8-16)11-21-14(4)17(18)10-20-21/h5-8,10,12-13,19H,9,11H2,1-4H3. The number of hydrogen-bond acceptors (Lipinski definition) is 2. The first kappa shape index (κ1) is 16.1. The fraction of sp³-hybridized carbons (Fsp3) is 0.471. The van der Waals surface area contributed by atoms with Gasteiger partial charge >= 0.3 is 0 Å². The van der Waals surface area contributed by atoms with Crippen molar-refractivity contribution in [1.82, 2.24) is 15.1 Å². The van der Waals surface area contributed by atoms with Crippen molar-refractivity contribution >= 4 is 11.6 Å². The van der Waals surface area contributed by atoms with Gasteiger partial charge in [-0.2, -0.15) is 5.10 Å². The van der Waals surface area contributed by atoms with Crippen LogP contribution in [0.4, 0.5) is 0 Å². The molecule has 4 heteroatoms. The summed E-state index contributed by atoms with van der Waals surface area (Å²) in [4.78, 5) is 0. The first-order valence-electron chi connectivity index (χ1n) is 7.47. The summed E-state index contributed by atoms with van der Waals surface area (Å²) >= 11 is 6.03. The van der Waals surface area contributed by atoms with E-state index in [-0.39, 0.29) is 0 Å². The molecule has 0 amide bonds. The molecule has 0 saturated carbocycles. The number of nitrogens with one attached hydrogen (secondary N) is 1. The molecule has 1 aromatic heterocycles. The molecule has 0 bridgehead atoms. The van der Waals surface area contributed by atoms with E-state index < -0.39 is 0 Å². The maximum Gasteiger partial charge on any atom is 0.0815 e. The Balaban J connectivity index is 2.00. The predicted molar refractivity (Wildman–Crippen MR) is 89.1 cm³/mol. The molecule has 21 heavy (non-hydrogen) atoms. The molecule has 0 aliphatic heterocycles. The third-order valence-electron chi connectivity index (χ3n) is 3.76. The monoisotopic (exact) mass is 305 g/mol. The van der Waals surface area contributed by atoms with Gasteiger partial charge in [-0.15, -0.1) is 0 Å². The minimum absolute atomic E-state index is 0.516. The van der Waals surface area contributed by atoms with Crippen LogP contribution in [0.15, 0.2) is 30.5 Å². The van der Waals surface area contributed by atoms with E-state index in [4.69, 9.17) is 11.6 Å². The molecular formula is C17H24ClN3. The number of nitrogens with zero attached hydrogens (tertiary/aromatic N) is 2. The van der Waals surface area contributed by atoms with Crippen molar-refractivity contribution in [3.05, 3.63) is 52.3 Å². The first-order chi connectivity index (χ1) is 9.97. The van der Waals surface area contributed by atoms with E-state index in [0.29, 0.717) is 12.0 Å². The normalized spacial score (nSPS) is 12.9. The summed E-state index contributed by atoms with van der Waals surface area (Å²) in [6, 6.07) is 9.30. The second-order valence-electron chi connectivity index (χ2n) is 5.94. The molecule has 114 valence electrons. The Hall–Kier alpha value is -1.32. The Morgan fingerprint density at radius 2 is 1.86 bits per heavy atom. The Bertz CT molecular complexity index is 572. The fourth-order valence-electron chi connectivity index (χ4n) is 2.24. The molecule has 0 aliphatic rings. The molecule has 0 radical (unpaired) electrons. The highest BCUT2D eigenvalue weighted by Crippen LogP contribution is 2.18. The summed E-state index contributed by atoms with van der Waals surface area (Å²) in [7, 11) is 0. The molecule has 1 unspecified atom stereocenters. The van der Waals surface area contributed by atoms with Gasteiger partial charge in [0, 0.05) is 12.6 Å². The highest BCUT2D eigenvalue weighted by atomic mass is 35.5. The van der Waals surface area contributed by atoms with Crippen LogP contribution in [0.2, 0.25) is 5.02 Å². The highest BCUT2D eigenvalue weighted by Gasteiger charge is 2.08. The van der Waals surface area contributed by atoms with Crippen LogP contribution in [0.25, 0.3) is 0 Å². The molecule has 2 aromatic rings. The van der Waals surface area contributed by atoms with Crippen LogP contribution in [0, 0.1) is 6.92 Å². The van der Waals surface area contributed by atoms with Gasteiger partial charge in [-0.1, -0.05) is 56.6 Å². The van der Waals surface area contributed by atoms with Gasteiger partial charge in [0.1, 0.15) is 0 Å². The van der Waals surface area contributed by atoms with E-state index >= 15 is 0 Å². The molecule has 0 saturated heterocycles. The van der Waals surface area contributed by atoms with Gasteiger partial charge in [-0.25, -0.2) is 0 Å². The van der Waals surface area contributed by atoms with Crippen LogP contribution in [0.1, 0.15) is 43.5 Å². The molecule has 0 fully saturated rings. The lowest BCUT2D eigenvalue weighted by atomic mass is 9.99. The zero-order valence-electron chi connectivity index (χ0n) is 13.2. The number of rotatable bonds is 6. The van der Waals surface area contributed by atoms with E-state index in [9.17, 15) is 0 Å². The van der Waals surface area contributed by atoms with Crippen molar-refractivity contribution in [3.8, 4) is 0 Å². The highest BCUT2D eigenvalue weighted by molar-refractivity contribution is 6.31. The third kappa shape index (κ3) is 4.32. The topological polar surface area (TPSA) is 29.9 Å². The van der Waals surface area contributed by atoms with E-state index in [1.807, 2.05) is 11.6 Å². The molecule has 0 aliphatic carbocycles. The zero-order valence-corrected chi connectivity index (χ0v) is 14.0. The molecule has 1 heterocycles. The average molecular weight is 306 g/mol. The van der Waals surface area contributed by atoms with Crippen molar-refractivity contribution in [2.45, 2.75) is 46.2 Å². The lowest BCUT2D eigenvalue weighted by molar-refractivity contribution is 0.548. The number of aromatic nitrogens is 2. The van der Waals surface area contributed by atoms with Gasteiger partial charge in [0.05, 0.1) is 23.5 Å². The second-order valence-corrected chi connectivity index (χ2v) is 6.35. The SMILES string of the molecule is Cc1c(Cl)cnn1Cc1ccc(C(C)CNC(C)C)cc1. The molecule has 1 N–H and O–H groups in total. The minimum atomic E-state index is 0.516. The van der Waals surface area contributed by atoms with Crippen LogP contribution < -0.4 is 5.32 Å². The fourth-order valence-corrected chi connectivity index (χ4v) is 2.38. The smallest absolute Gasteiger partial charge is 0.0815 e. The van der Waals surface area contributed by atoms with Gasteiger partial charge in [-0.3, -0.25) is 4.68 Å². The molecule has 1 aromatic carbocycles. The maximum atomic E-state index is 6.03. The van der Waals surface area contributed by atoms with Gasteiger partial charge in [-0.05, 0) is 24.0 Å². The Morgan fingerprint density at radius 1 is 1.19 bits per heavy atom. The summed E-state index contributed by atoms with van der Waals surface area (Å²) in [5.74, 6) is 0.516. The third-order valence-corrected chi connectivity index (χ3v) is 4.13. The maximum absolute atomic E-state index is 6.03. The van der Waals surface area contributed by atoms with Crippen molar-refractivity contribution in [3.63, 3.8) is 0 Å². The second kappa shape index (κ2) is 7.10. The predicted octanol–water partition coefficient (Wildman–Crippen LogP) is 3.99. The van der Waals surface area contributed by atoms with E-state index in [2.05, 4.69) is 55.5 Å². The summed E-state index contributed by atoms with van der Waals surface area (Å²) < 4.78 is 1.93. The molecule has 3 nitrogen and oxygen atoms in total. The Kier molecular flexibility index (Phi) is 5.43. The summed E-state index contributed by atoms with van der Waals surface area (Å²) in [6.07, 6.45) is 1.70. The Labute approximate surface area is 132 Å². The van der Waals surface area contributed by atoms with Crippen LogP contribution in [0.3, 0.4) is 0 Å². The molecule has 1 atom stereocenters. The first-order valence-corrected chi connectivity index (χ1v) is 7.85. The van der Waals surface area contributed by atoms with Crippen LogP contribution in [-0.2, 0) is 6.54 Å². The number of halogens is 1. The Morgan fingerprint density at radius 3 is 2.38 bits per heavy atom. The summed E-state index contributed by atoms with van der Waals surface area (Å²) in [6.45, 7) is 10.4. The van der Waals surface area contributed by atoms with Crippen LogP contribution >= 0.6 is 11.6 Å². The summed E-state index contributed by atoms with van der Waals surface area (Å²) in [5, 5.41) is 8.49. The van der Waals surface area contributed by atoms with Gasteiger partial charge in [0.15, 0.2) is 0 Å². The number of benzene rings is 1. The van der Waals surface area contributed by atoms with Gasteiger partial charge < -0.3 is 5.32 Å². The lowest BCUT2D eigenvalue weighted by Gasteiger charge is -2.15. The van der Waals surface area contributed by atoms with E-state index in [0.717, 1.165) is 23.8 Å². The number of hydrogen-bond donors (Lipinski definition) is 1. The molecular weight excluding hydrogens is 282 g/mol. The van der Waals surface area contributed by atoms with Crippen LogP contribution in [0.5, 0.6) is 0 Å². The van der Waals surface area contributed by atoms with E-state index in [1.54, 1.807) is 6.20 Å². The zero-order chi connectivity index (χ0) is 15.4. The average Bonchev–Trinajstić information content (AvgIpc) is 2.77. The largest absolute Gasteiger partial charge is 0.314 e. The molecule has 0 spiro atoms. The van der Waals surface area contributed by atoms with Crippen LogP contribution in [-0.4, -0.2) is 22.4 Å². The minimum Gasteiger partial charge on any atom is -0.314 e. The van der Waals surface area contributed by atoms with Crippen molar-refractivity contribution in [2.75, 3.05) is 6.54 Å². The van der Waals surface area contributed by atoms with E-state index in [1.165, 1.54) is 11.1 Å². The quantitative estimate of drug-likeness (QED) is 0.874. The van der Waals surface area contributed by atoms with Crippen molar-refractivity contribution in [2.24, 2.45) is 0 Å². The molecule has 2 rings (SSSR count). The summed E-state index contributed by atoms with van der Waals surface area (Å²) in [5.41, 5.74) is 3.61. The lowest BCUT2D eigenvalue weighted by Crippen LogP contribution is -2.26. The van der Waals surface area contributed by atoms with Gasteiger partial charge in [0.25, 0.3) is 0 Å².